The summed E-state index contributed by atoms with van der Waals surface area (Å²) < 4.78 is 39.8. The van der Waals surface area contributed by atoms with Gasteiger partial charge >= 0.3 is 0 Å². The third kappa shape index (κ3) is 5.55. The molecule has 1 aliphatic rings. The standard InChI is InChI=1S/C26H27ClN2O5S/c1-17-4-9-21(10-5-17)35(31,32)29-16-25(34-24-14-18(2)6-11-23(24)29)26(30)28-12-13-33-20-8-7-19(3)22(27)15-20/h4-11,14-15,25H,12-13,16H2,1-3H3,(H,28,30)/t25-/m1/s1. The number of benzene rings is 3. The van der Waals surface area contributed by atoms with Crippen molar-refractivity contribution in [2.24, 2.45) is 0 Å². The van der Waals surface area contributed by atoms with Crippen LogP contribution in [-0.4, -0.2) is 40.1 Å². The molecule has 0 fully saturated rings. The molecule has 1 aliphatic heterocycles. The van der Waals surface area contributed by atoms with Gasteiger partial charge in [-0.3, -0.25) is 9.10 Å². The number of hydrogen-bond donors (Lipinski definition) is 1. The molecule has 4 rings (SSSR count). The first-order valence-electron chi connectivity index (χ1n) is 11.2. The van der Waals surface area contributed by atoms with Gasteiger partial charge in [0, 0.05) is 5.02 Å². The molecular weight excluding hydrogens is 488 g/mol. The van der Waals surface area contributed by atoms with E-state index in [0.717, 1.165) is 16.7 Å². The molecular formula is C26H27ClN2O5S. The monoisotopic (exact) mass is 514 g/mol. The number of amides is 1. The van der Waals surface area contributed by atoms with Crippen molar-refractivity contribution in [2.45, 2.75) is 31.8 Å². The van der Waals surface area contributed by atoms with Gasteiger partial charge in [0.2, 0.25) is 0 Å². The van der Waals surface area contributed by atoms with Crippen LogP contribution in [0.25, 0.3) is 0 Å². The van der Waals surface area contributed by atoms with Gasteiger partial charge in [0.15, 0.2) is 6.10 Å². The van der Waals surface area contributed by atoms with Crippen LogP contribution in [0.4, 0.5) is 5.69 Å². The highest BCUT2D eigenvalue weighted by Crippen LogP contribution is 2.37. The number of nitrogens with one attached hydrogen (secondary N) is 1. The van der Waals surface area contributed by atoms with Crippen LogP contribution in [0.2, 0.25) is 5.02 Å². The van der Waals surface area contributed by atoms with E-state index in [1.54, 1.807) is 48.5 Å². The van der Waals surface area contributed by atoms with E-state index in [9.17, 15) is 13.2 Å². The fourth-order valence-electron chi connectivity index (χ4n) is 3.68. The van der Waals surface area contributed by atoms with Crippen molar-refractivity contribution in [3.63, 3.8) is 0 Å². The molecule has 0 saturated carbocycles. The number of halogens is 1. The molecule has 1 N–H and O–H groups in total. The molecule has 0 radical (unpaired) electrons. The summed E-state index contributed by atoms with van der Waals surface area (Å²) in [5, 5.41) is 3.37. The van der Waals surface area contributed by atoms with E-state index in [1.165, 1.54) is 4.31 Å². The normalized spacial score (nSPS) is 15.2. The first-order chi connectivity index (χ1) is 16.6. The van der Waals surface area contributed by atoms with Gasteiger partial charge in [-0.1, -0.05) is 41.4 Å². The Kier molecular flexibility index (Phi) is 7.23. The lowest BCUT2D eigenvalue weighted by Gasteiger charge is -2.35. The van der Waals surface area contributed by atoms with Gasteiger partial charge in [0.05, 0.1) is 23.7 Å². The summed E-state index contributed by atoms with van der Waals surface area (Å²) in [4.78, 5) is 13.1. The smallest absolute Gasteiger partial charge is 0.264 e. The predicted octanol–water partition coefficient (Wildman–Crippen LogP) is 4.42. The first-order valence-corrected chi connectivity index (χ1v) is 13.0. The van der Waals surface area contributed by atoms with Crippen molar-refractivity contribution in [3.8, 4) is 11.5 Å². The molecule has 0 unspecified atom stereocenters. The highest BCUT2D eigenvalue weighted by molar-refractivity contribution is 7.92. The second-order valence-corrected chi connectivity index (χ2v) is 10.7. The number of nitrogens with zero attached hydrogens (tertiary/aromatic N) is 1. The van der Waals surface area contributed by atoms with Crippen molar-refractivity contribution in [2.75, 3.05) is 24.0 Å². The Balaban J connectivity index is 1.48. The van der Waals surface area contributed by atoms with Crippen molar-refractivity contribution in [1.82, 2.24) is 5.32 Å². The van der Waals surface area contributed by atoms with Gasteiger partial charge in [-0.2, -0.15) is 0 Å². The first kappa shape index (κ1) is 24.9. The van der Waals surface area contributed by atoms with Crippen LogP contribution in [0.1, 0.15) is 16.7 Å². The summed E-state index contributed by atoms with van der Waals surface area (Å²) in [6, 6.07) is 17.3. The summed E-state index contributed by atoms with van der Waals surface area (Å²) in [6.07, 6.45) is -1.02. The number of aryl methyl sites for hydroxylation is 3. The average molecular weight is 515 g/mol. The van der Waals surface area contributed by atoms with E-state index in [4.69, 9.17) is 21.1 Å². The van der Waals surface area contributed by atoms with Gasteiger partial charge in [0.25, 0.3) is 15.9 Å². The van der Waals surface area contributed by atoms with Gasteiger partial charge < -0.3 is 14.8 Å². The van der Waals surface area contributed by atoms with E-state index < -0.39 is 22.0 Å². The quantitative estimate of drug-likeness (QED) is 0.472. The van der Waals surface area contributed by atoms with E-state index in [-0.39, 0.29) is 24.6 Å². The molecule has 1 heterocycles. The average Bonchev–Trinajstić information content (AvgIpc) is 2.83. The summed E-state index contributed by atoms with van der Waals surface area (Å²) in [6.45, 7) is 5.96. The highest BCUT2D eigenvalue weighted by atomic mass is 35.5. The molecule has 184 valence electrons. The van der Waals surface area contributed by atoms with Crippen LogP contribution in [0, 0.1) is 20.8 Å². The number of rotatable bonds is 7. The van der Waals surface area contributed by atoms with E-state index >= 15 is 0 Å². The summed E-state index contributed by atoms with van der Waals surface area (Å²) in [5.74, 6) is 0.521. The highest BCUT2D eigenvalue weighted by Gasteiger charge is 2.37. The number of carbonyl (C=O) groups is 1. The Morgan fingerprint density at radius 2 is 1.77 bits per heavy atom. The molecule has 0 spiro atoms. The molecule has 1 atom stereocenters. The van der Waals surface area contributed by atoms with Gasteiger partial charge in [0.1, 0.15) is 18.1 Å². The molecule has 0 saturated heterocycles. The molecule has 0 aromatic heterocycles. The fourth-order valence-corrected chi connectivity index (χ4v) is 5.33. The maximum absolute atomic E-state index is 13.5. The molecule has 3 aromatic carbocycles. The molecule has 0 bridgehead atoms. The summed E-state index contributed by atoms with van der Waals surface area (Å²) in [7, 11) is -3.90. The van der Waals surface area contributed by atoms with Crippen LogP contribution in [0.3, 0.4) is 0 Å². The Hall–Kier alpha value is -3.23. The second-order valence-electron chi connectivity index (χ2n) is 8.48. The van der Waals surface area contributed by atoms with Gasteiger partial charge in [-0.05, 0) is 68.3 Å². The lowest BCUT2D eigenvalue weighted by Crippen LogP contribution is -2.51. The number of ether oxygens (including phenoxy) is 2. The fraction of sp³-hybridized carbons (Fsp3) is 0.269. The number of carbonyl (C=O) groups excluding carboxylic acids is 1. The Morgan fingerprint density at radius 1 is 1.06 bits per heavy atom. The zero-order valence-electron chi connectivity index (χ0n) is 19.7. The number of anilines is 1. The van der Waals surface area contributed by atoms with Crippen molar-refractivity contribution < 1.29 is 22.7 Å². The third-order valence-electron chi connectivity index (χ3n) is 5.70. The molecule has 1 amide bonds. The molecule has 7 nitrogen and oxygen atoms in total. The van der Waals surface area contributed by atoms with Crippen LogP contribution in [-0.2, 0) is 14.8 Å². The van der Waals surface area contributed by atoms with Crippen molar-refractivity contribution >= 4 is 33.2 Å². The zero-order chi connectivity index (χ0) is 25.2. The maximum Gasteiger partial charge on any atom is 0.264 e. The van der Waals surface area contributed by atoms with E-state index in [2.05, 4.69) is 5.32 Å². The summed E-state index contributed by atoms with van der Waals surface area (Å²) >= 11 is 6.11. The predicted molar refractivity (Wildman–Crippen MR) is 136 cm³/mol. The number of fused-ring (bicyclic) bond motifs is 1. The second kappa shape index (κ2) is 10.2. The minimum Gasteiger partial charge on any atom is -0.492 e. The zero-order valence-corrected chi connectivity index (χ0v) is 21.3. The minimum absolute atomic E-state index is 0.146. The number of sulfonamides is 1. The van der Waals surface area contributed by atoms with Crippen molar-refractivity contribution in [3.05, 3.63) is 82.4 Å². The Morgan fingerprint density at radius 3 is 2.49 bits per heavy atom. The van der Waals surface area contributed by atoms with Crippen LogP contribution >= 0.6 is 11.6 Å². The van der Waals surface area contributed by atoms with Crippen LogP contribution in [0.15, 0.2) is 65.6 Å². The molecule has 0 aliphatic carbocycles. The number of hydrogen-bond acceptors (Lipinski definition) is 5. The van der Waals surface area contributed by atoms with E-state index in [0.29, 0.717) is 22.2 Å². The molecule has 9 heteroatoms. The lowest BCUT2D eigenvalue weighted by atomic mass is 10.1. The largest absolute Gasteiger partial charge is 0.492 e. The Labute approximate surface area is 210 Å². The van der Waals surface area contributed by atoms with E-state index in [1.807, 2.05) is 32.9 Å². The Bertz CT molecular complexity index is 1340. The SMILES string of the molecule is Cc1ccc(S(=O)(=O)N2C[C@H](C(=O)NCCOc3ccc(C)c(Cl)c3)Oc3cc(C)ccc32)cc1. The van der Waals surface area contributed by atoms with Crippen LogP contribution < -0.4 is 19.1 Å². The van der Waals surface area contributed by atoms with Gasteiger partial charge in [-0.25, -0.2) is 8.42 Å². The van der Waals surface area contributed by atoms with Crippen molar-refractivity contribution in [1.29, 1.82) is 0 Å². The minimum atomic E-state index is -3.90. The molecule has 35 heavy (non-hydrogen) atoms. The molecule has 3 aromatic rings. The lowest BCUT2D eigenvalue weighted by molar-refractivity contribution is -0.127. The topological polar surface area (TPSA) is 84.9 Å². The summed E-state index contributed by atoms with van der Waals surface area (Å²) in [5.41, 5.74) is 3.19. The van der Waals surface area contributed by atoms with Gasteiger partial charge in [-0.15, -0.1) is 0 Å². The van der Waals surface area contributed by atoms with Crippen LogP contribution in [0.5, 0.6) is 11.5 Å². The maximum atomic E-state index is 13.5. The third-order valence-corrected chi connectivity index (χ3v) is 7.90.